The summed E-state index contributed by atoms with van der Waals surface area (Å²) in [6.07, 6.45) is 3.17. The number of nitrogens with zero attached hydrogens (tertiary/aromatic N) is 2. The highest BCUT2D eigenvalue weighted by Gasteiger charge is 2.32. The van der Waals surface area contributed by atoms with Gasteiger partial charge < -0.3 is 15.0 Å². The van der Waals surface area contributed by atoms with Crippen molar-refractivity contribution < 1.29 is 4.74 Å². The Kier molecular flexibility index (Phi) is 4.14. The van der Waals surface area contributed by atoms with E-state index < -0.39 is 0 Å². The van der Waals surface area contributed by atoms with Crippen molar-refractivity contribution in [1.29, 1.82) is 5.26 Å². The van der Waals surface area contributed by atoms with E-state index in [0.717, 1.165) is 50.2 Å². The number of rotatable bonds is 2. The van der Waals surface area contributed by atoms with Gasteiger partial charge >= 0.3 is 0 Å². The van der Waals surface area contributed by atoms with Crippen molar-refractivity contribution >= 4 is 0 Å². The first-order valence-corrected chi connectivity index (χ1v) is 7.74. The Morgan fingerprint density at radius 3 is 2.95 bits per heavy atom. The lowest BCUT2D eigenvalue weighted by Crippen LogP contribution is -2.53. The molecular formula is C17H23N3O. The number of ether oxygens (including phenoxy) is 1. The third kappa shape index (κ3) is 2.64. The van der Waals surface area contributed by atoms with Crippen molar-refractivity contribution in [2.75, 3.05) is 33.8 Å². The first kappa shape index (κ1) is 14.4. The second-order valence-electron chi connectivity index (χ2n) is 6.14. The Balaban J connectivity index is 1.89. The monoisotopic (exact) mass is 285 g/mol. The molecule has 0 radical (unpaired) electrons. The summed E-state index contributed by atoms with van der Waals surface area (Å²) in [7, 11) is 3.95. The molecular weight excluding hydrogens is 262 g/mol. The van der Waals surface area contributed by atoms with Crippen LogP contribution in [0, 0.1) is 17.2 Å². The fraction of sp³-hybridized carbons (Fsp3) is 0.588. The van der Waals surface area contributed by atoms with E-state index in [-0.39, 0.29) is 0 Å². The summed E-state index contributed by atoms with van der Waals surface area (Å²) < 4.78 is 5.54. The molecule has 4 nitrogen and oxygen atoms in total. The molecule has 1 fully saturated rings. The van der Waals surface area contributed by atoms with Gasteiger partial charge in [-0.3, -0.25) is 0 Å². The van der Waals surface area contributed by atoms with Gasteiger partial charge in [0.15, 0.2) is 0 Å². The predicted molar refractivity (Wildman–Crippen MR) is 82.5 cm³/mol. The fourth-order valence-corrected chi connectivity index (χ4v) is 3.85. The zero-order valence-electron chi connectivity index (χ0n) is 12.9. The van der Waals surface area contributed by atoms with E-state index in [1.54, 1.807) is 7.11 Å². The summed E-state index contributed by atoms with van der Waals surface area (Å²) >= 11 is 0. The molecule has 2 unspecified atom stereocenters. The van der Waals surface area contributed by atoms with Gasteiger partial charge in [-0.1, -0.05) is 0 Å². The highest BCUT2D eigenvalue weighted by molar-refractivity contribution is 5.51. The van der Waals surface area contributed by atoms with E-state index in [1.807, 2.05) is 12.1 Å². The minimum Gasteiger partial charge on any atom is -0.496 e. The quantitative estimate of drug-likeness (QED) is 0.896. The van der Waals surface area contributed by atoms with Crippen molar-refractivity contribution in [1.82, 2.24) is 10.2 Å². The number of nitrogens with one attached hydrogen (secondary N) is 1. The number of piperazine rings is 1. The average Bonchev–Trinajstić information content (AvgIpc) is 2.53. The molecule has 0 amide bonds. The maximum Gasteiger partial charge on any atom is 0.122 e. The van der Waals surface area contributed by atoms with Gasteiger partial charge in [-0.05, 0) is 55.5 Å². The van der Waals surface area contributed by atoms with E-state index in [2.05, 4.69) is 23.3 Å². The molecule has 1 saturated heterocycles. The third-order valence-electron chi connectivity index (χ3n) is 5.07. The minimum atomic E-state index is 0.586. The molecule has 0 aromatic heterocycles. The number of nitriles is 1. The van der Waals surface area contributed by atoms with Crippen molar-refractivity contribution in [2.45, 2.75) is 25.3 Å². The van der Waals surface area contributed by atoms with Crippen LogP contribution in [-0.2, 0) is 12.8 Å². The molecule has 0 bridgehead atoms. The Morgan fingerprint density at radius 2 is 2.24 bits per heavy atom. The number of hydrogen-bond acceptors (Lipinski definition) is 4. The molecule has 4 heteroatoms. The van der Waals surface area contributed by atoms with Gasteiger partial charge in [-0.25, -0.2) is 0 Å². The molecule has 2 atom stereocenters. The second kappa shape index (κ2) is 6.05. The summed E-state index contributed by atoms with van der Waals surface area (Å²) in [6.45, 7) is 3.26. The van der Waals surface area contributed by atoms with Crippen LogP contribution in [0.2, 0.25) is 0 Å². The van der Waals surface area contributed by atoms with Gasteiger partial charge in [0.1, 0.15) is 5.75 Å². The van der Waals surface area contributed by atoms with Gasteiger partial charge in [0.2, 0.25) is 0 Å². The molecule has 1 aromatic rings. The van der Waals surface area contributed by atoms with Crippen LogP contribution >= 0.6 is 0 Å². The number of likely N-dealkylation sites (N-methyl/N-ethyl adjacent to an activating group) is 1. The Hall–Kier alpha value is -1.57. The zero-order chi connectivity index (χ0) is 14.8. The van der Waals surface area contributed by atoms with Crippen molar-refractivity contribution in [2.24, 2.45) is 5.92 Å². The van der Waals surface area contributed by atoms with Gasteiger partial charge in [0.05, 0.1) is 18.7 Å². The van der Waals surface area contributed by atoms with Gasteiger partial charge in [0, 0.05) is 25.7 Å². The van der Waals surface area contributed by atoms with Crippen LogP contribution in [-0.4, -0.2) is 44.7 Å². The second-order valence-corrected chi connectivity index (χ2v) is 6.14. The van der Waals surface area contributed by atoms with Crippen LogP contribution in [0.15, 0.2) is 12.1 Å². The first-order valence-electron chi connectivity index (χ1n) is 7.74. The lowest BCUT2D eigenvalue weighted by atomic mass is 9.77. The molecule has 0 saturated carbocycles. The molecule has 21 heavy (non-hydrogen) atoms. The molecule has 1 aliphatic carbocycles. The average molecular weight is 285 g/mol. The molecule has 1 aromatic carbocycles. The van der Waals surface area contributed by atoms with Crippen molar-refractivity contribution in [3.8, 4) is 11.8 Å². The number of fused-ring (bicyclic) bond motifs is 1. The predicted octanol–water partition coefficient (Wildman–Crippen LogP) is 1.58. The lowest BCUT2D eigenvalue weighted by Gasteiger charge is -2.40. The van der Waals surface area contributed by atoms with E-state index in [0.29, 0.717) is 12.0 Å². The molecule has 2 aliphatic rings. The van der Waals surface area contributed by atoms with E-state index in [1.165, 1.54) is 11.1 Å². The largest absolute Gasteiger partial charge is 0.496 e. The van der Waals surface area contributed by atoms with Gasteiger partial charge in [-0.2, -0.15) is 5.26 Å². The summed E-state index contributed by atoms with van der Waals surface area (Å²) in [6, 6.07) is 6.76. The number of benzene rings is 1. The fourth-order valence-electron chi connectivity index (χ4n) is 3.85. The molecule has 1 heterocycles. The minimum absolute atomic E-state index is 0.586. The van der Waals surface area contributed by atoms with Crippen LogP contribution in [0.3, 0.4) is 0 Å². The van der Waals surface area contributed by atoms with Crippen LogP contribution in [0.5, 0.6) is 5.75 Å². The van der Waals surface area contributed by atoms with Crippen molar-refractivity contribution in [3.05, 3.63) is 28.8 Å². The Morgan fingerprint density at radius 1 is 1.38 bits per heavy atom. The number of hydrogen-bond donors (Lipinski definition) is 1. The van der Waals surface area contributed by atoms with Gasteiger partial charge in [0.25, 0.3) is 0 Å². The molecule has 112 valence electrons. The zero-order valence-corrected chi connectivity index (χ0v) is 12.9. The summed E-state index contributed by atoms with van der Waals surface area (Å²) in [5.41, 5.74) is 3.28. The molecule has 1 N–H and O–H groups in total. The maximum absolute atomic E-state index is 9.30. The molecule has 3 rings (SSSR count). The lowest BCUT2D eigenvalue weighted by molar-refractivity contribution is 0.132. The standard InChI is InChI=1S/C17H23N3O/c1-20-8-7-19-11-16(20)12-3-5-14-13(10-18)4-6-17(21-2)15(14)9-12/h4,6,12,16,19H,3,5,7-9,11H2,1-2H3. The van der Waals surface area contributed by atoms with Crippen LogP contribution < -0.4 is 10.1 Å². The van der Waals surface area contributed by atoms with Gasteiger partial charge in [-0.15, -0.1) is 0 Å². The Bertz CT molecular complexity index is 564. The first-order chi connectivity index (χ1) is 10.2. The summed E-state index contributed by atoms with van der Waals surface area (Å²) in [4.78, 5) is 2.48. The van der Waals surface area contributed by atoms with E-state index in [9.17, 15) is 5.26 Å². The topological polar surface area (TPSA) is 48.3 Å². The number of methoxy groups -OCH3 is 1. The van der Waals surface area contributed by atoms with Crippen LogP contribution in [0.1, 0.15) is 23.1 Å². The Labute approximate surface area is 126 Å². The van der Waals surface area contributed by atoms with E-state index in [4.69, 9.17) is 4.74 Å². The summed E-state index contributed by atoms with van der Waals surface area (Å²) in [5, 5.41) is 12.8. The normalized spacial score (nSPS) is 26.0. The molecule has 0 spiro atoms. The highest BCUT2D eigenvalue weighted by atomic mass is 16.5. The van der Waals surface area contributed by atoms with Crippen LogP contribution in [0.25, 0.3) is 0 Å². The maximum atomic E-state index is 9.30. The third-order valence-corrected chi connectivity index (χ3v) is 5.07. The smallest absolute Gasteiger partial charge is 0.122 e. The summed E-state index contributed by atoms with van der Waals surface area (Å²) in [5.74, 6) is 1.58. The highest BCUT2D eigenvalue weighted by Crippen LogP contribution is 2.36. The van der Waals surface area contributed by atoms with E-state index >= 15 is 0 Å². The molecule has 1 aliphatic heterocycles. The SMILES string of the molecule is COc1ccc(C#N)c2c1CC(C1CNCCN1C)CC2. The van der Waals surface area contributed by atoms with Crippen LogP contribution in [0.4, 0.5) is 0 Å². The van der Waals surface area contributed by atoms with Crippen molar-refractivity contribution in [3.63, 3.8) is 0 Å².